The molecule has 0 aliphatic heterocycles. The van der Waals surface area contributed by atoms with Gasteiger partial charge in [0.15, 0.2) is 17.5 Å². The number of rotatable bonds is 5. The summed E-state index contributed by atoms with van der Waals surface area (Å²) in [7, 11) is 0. The van der Waals surface area contributed by atoms with E-state index in [9.17, 15) is 0 Å². The number of benzene rings is 7. The summed E-state index contributed by atoms with van der Waals surface area (Å²) in [4.78, 5) is 20.3. The first-order valence-electron chi connectivity index (χ1n) is 17.1. The molecule has 3 aromatic heterocycles. The van der Waals surface area contributed by atoms with Gasteiger partial charge in [-0.15, -0.1) is 0 Å². The summed E-state index contributed by atoms with van der Waals surface area (Å²) in [5.74, 6) is 1.88. The smallest absolute Gasteiger partial charge is 0.164 e. The molecule has 0 saturated carbocycles. The van der Waals surface area contributed by atoms with Gasteiger partial charge in [0.25, 0.3) is 0 Å². The SMILES string of the molecule is c1ccc(-c2nc(-c3ccccc3)nc(-c3cccc(-c4nc5ccccc5c5cc6c7ccccc7n(-c7ccccc7)c6cc45)c3)n2)cc1. The maximum Gasteiger partial charge on any atom is 0.164 e. The average molecular weight is 652 g/mol. The first-order chi connectivity index (χ1) is 25.3. The van der Waals surface area contributed by atoms with Crippen molar-refractivity contribution in [2.24, 2.45) is 0 Å². The lowest BCUT2D eigenvalue weighted by Crippen LogP contribution is -2.00. The molecule has 0 spiro atoms. The molecular formula is C46H29N5. The van der Waals surface area contributed by atoms with Gasteiger partial charge < -0.3 is 4.57 Å². The third kappa shape index (κ3) is 4.94. The van der Waals surface area contributed by atoms with Crippen molar-refractivity contribution in [2.45, 2.75) is 0 Å². The Morgan fingerprint density at radius 3 is 1.57 bits per heavy atom. The maximum atomic E-state index is 5.34. The lowest BCUT2D eigenvalue weighted by atomic mass is 9.97. The van der Waals surface area contributed by atoms with Crippen molar-refractivity contribution in [3.8, 4) is 51.1 Å². The van der Waals surface area contributed by atoms with Gasteiger partial charge in [-0.05, 0) is 47.9 Å². The molecular weight excluding hydrogens is 623 g/mol. The molecule has 238 valence electrons. The van der Waals surface area contributed by atoms with E-state index in [4.69, 9.17) is 19.9 Å². The van der Waals surface area contributed by atoms with Crippen molar-refractivity contribution in [2.75, 3.05) is 0 Å². The van der Waals surface area contributed by atoms with E-state index in [1.165, 1.54) is 21.7 Å². The van der Waals surface area contributed by atoms with E-state index in [1.54, 1.807) is 0 Å². The molecule has 10 aromatic rings. The molecule has 10 rings (SSSR count). The van der Waals surface area contributed by atoms with E-state index >= 15 is 0 Å². The van der Waals surface area contributed by atoms with Gasteiger partial charge in [0.1, 0.15) is 0 Å². The van der Waals surface area contributed by atoms with Crippen molar-refractivity contribution in [1.82, 2.24) is 24.5 Å². The quantitative estimate of drug-likeness (QED) is 0.174. The van der Waals surface area contributed by atoms with Crippen LogP contribution in [0.25, 0.3) is 94.6 Å². The fourth-order valence-electron chi connectivity index (χ4n) is 7.23. The third-order valence-corrected chi connectivity index (χ3v) is 9.60. The lowest BCUT2D eigenvalue weighted by Gasteiger charge is -2.13. The second-order valence-corrected chi connectivity index (χ2v) is 12.7. The molecule has 51 heavy (non-hydrogen) atoms. The first kappa shape index (κ1) is 29.0. The maximum absolute atomic E-state index is 5.34. The summed E-state index contributed by atoms with van der Waals surface area (Å²) in [5, 5.41) is 5.82. The summed E-state index contributed by atoms with van der Waals surface area (Å²) in [6.45, 7) is 0. The van der Waals surface area contributed by atoms with Crippen LogP contribution < -0.4 is 0 Å². The molecule has 0 unspecified atom stereocenters. The summed E-state index contributed by atoms with van der Waals surface area (Å²) in [6, 6.07) is 60.9. The van der Waals surface area contributed by atoms with Crippen molar-refractivity contribution in [3.63, 3.8) is 0 Å². The molecule has 5 nitrogen and oxygen atoms in total. The molecule has 5 heteroatoms. The van der Waals surface area contributed by atoms with Crippen molar-refractivity contribution in [1.29, 1.82) is 0 Å². The monoisotopic (exact) mass is 651 g/mol. The Hall–Kier alpha value is -6.98. The summed E-state index contributed by atoms with van der Waals surface area (Å²) >= 11 is 0. The van der Waals surface area contributed by atoms with Crippen LogP contribution in [0.3, 0.4) is 0 Å². The van der Waals surface area contributed by atoms with Crippen LogP contribution in [0.15, 0.2) is 176 Å². The minimum atomic E-state index is 0.612. The number of pyridine rings is 1. The van der Waals surface area contributed by atoms with E-state index < -0.39 is 0 Å². The Labute approximate surface area is 294 Å². The highest BCUT2D eigenvalue weighted by Gasteiger charge is 2.19. The fourth-order valence-corrected chi connectivity index (χ4v) is 7.23. The Kier molecular flexibility index (Phi) is 6.74. The van der Waals surface area contributed by atoms with Crippen LogP contribution >= 0.6 is 0 Å². The summed E-state index contributed by atoms with van der Waals surface area (Å²) in [5.41, 5.74) is 9.07. The zero-order valence-electron chi connectivity index (χ0n) is 27.5. The van der Waals surface area contributed by atoms with Crippen molar-refractivity contribution >= 4 is 43.5 Å². The lowest BCUT2D eigenvalue weighted by molar-refractivity contribution is 1.07. The van der Waals surface area contributed by atoms with Gasteiger partial charge >= 0.3 is 0 Å². The summed E-state index contributed by atoms with van der Waals surface area (Å²) in [6.07, 6.45) is 0. The molecule has 0 amide bonds. The minimum absolute atomic E-state index is 0.612. The predicted octanol–water partition coefficient (Wildman–Crippen LogP) is 11.3. The number of hydrogen-bond donors (Lipinski definition) is 0. The van der Waals surface area contributed by atoms with Crippen LogP contribution in [-0.2, 0) is 0 Å². The van der Waals surface area contributed by atoms with Crippen LogP contribution in [0.1, 0.15) is 0 Å². The van der Waals surface area contributed by atoms with Gasteiger partial charge in [-0.25, -0.2) is 19.9 Å². The van der Waals surface area contributed by atoms with E-state index in [2.05, 4.69) is 120 Å². The molecule has 3 heterocycles. The third-order valence-electron chi connectivity index (χ3n) is 9.60. The van der Waals surface area contributed by atoms with Crippen LogP contribution in [0.2, 0.25) is 0 Å². The predicted molar refractivity (Wildman–Crippen MR) is 209 cm³/mol. The van der Waals surface area contributed by atoms with Gasteiger partial charge in [-0.2, -0.15) is 0 Å². The zero-order valence-corrected chi connectivity index (χ0v) is 27.5. The molecule has 0 aliphatic rings. The fraction of sp³-hybridized carbons (Fsp3) is 0. The normalized spacial score (nSPS) is 11.5. The van der Waals surface area contributed by atoms with Gasteiger partial charge in [-0.1, -0.05) is 133 Å². The summed E-state index contributed by atoms with van der Waals surface area (Å²) < 4.78 is 2.36. The highest BCUT2D eigenvalue weighted by atomic mass is 15.0. The largest absolute Gasteiger partial charge is 0.309 e. The second-order valence-electron chi connectivity index (χ2n) is 12.7. The molecule has 0 N–H and O–H groups in total. The van der Waals surface area contributed by atoms with E-state index in [-0.39, 0.29) is 0 Å². The molecule has 0 bridgehead atoms. The van der Waals surface area contributed by atoms with Gasteiger partial charge in [0.05, 0.1) is 22.2 Å². The highest BCUT2D eigenvalue weighted by Crippen LogP contribution is 2.40. The Morgan fingerprint density at radius 2 is 0.863 bits per heavy atom. The second kappa shape index (κ2) is 11.9. The topological polar surface area (TPSA) is 56.5 Å². The Balaban J connectivity index is 1.23. The average Bonchev–Trinajstić information content (AvgIpc) is 3.54. The minimum Gasteiger partial charge on any atom is -0.309 e. The number of aromatic nitrogens is 5. The molecule has 0 radical (unpaired) electrons. The molecule has 7 aromatic carbocycles. The number of para-hydroxylation sites is 3. The van der Waals surface area contributed by atoms with Crippen LogP contribution in [0.5, 0.6) is 0 Å². The Morgan fingerprint density at radius 1 is 0.314 bits per heavy atom. The van der Waals surface area contributed by atoms with Gasteiger partial charge in [0, 0.05) is 49.5 Å². The zero-order chi connectivity index (χ0) is 33.7. The van der Waals surface area contributed by atoms with Gasteiger partial charge in [-0.3, -0.25) is 0 Å². The van der Waals surface area contributed by atoms with E-state index in [0.717, 1.165) is 55.4 Å². The van der Waals surface area contributed by atoms with Crippen LogP contribution in [-0.4, -0.2) is 24.5 Å². The number of nitrogens with zero attached hydrogens (tertiary/aromatic N) is 5. The molecule has 0 aliphatic carbocycles. The highest BCUT2D eigenvalue weighted by molar-refractivity contribution is 6.20. The molecule has 0 atom stereocenters. The van der Waals surface area contributed by atoms with E-state index in [0.29, 0.717) is 17.5 Å². The molecule has 0 saturated heterocycles. The first-order valence-corrected chi connectivity index (χ1v) is 17.1. The van der Waals surface area contributed by atoms with Crippen LogP contribution in [0, 0.1) is 0 Å². The number of fused-ring (bicyclic) bond motifs is 6. The van der Waals surface area contributed by atoms with Crippen molar-refractivity contribution in [3.05, 3.63) is 176 Å². The Bertz CT molecular complexity index is 2840. The van der Waals surface area contributed by atoms with Gasteiger partial charge in [0.2, 0.25) is 0 Å². The number of hydrogen-bond acceptors (Lipinski definition) is 4. The van der Waals surface area contributed by atoms with Crippen LogP contribution in [0.4, 0.5) is 0 Å². The van der Waals surface area contributed by atoms with E-state index in [1.807, 2.05) is 60.7 Å². The molecule has 0 fully saturated rings. The standard InChI is InChI=1S/C46H29N5/c1-4-15-30(16-5-1)44-48-45(31-17-6-2-7-18-31)50-46(49-44)33-20-14-19-32(27-33)43-39-29-42-38(28-37(39)35-23-10-12-25-40(35)47-43)36-24-11-13-26-41(36)51(42)34-21-8-3-9-22-34/h1-29H. The van der Waals surface area contributed by atoms with Crippen molar-refractivity contribution < 1.29 is 0 Å².